The van der Waals surface area contributed by atoms with Gasteiger partial charge in [0.2, 0.25) is 0 Å². The fourth-order valence-corrected chi connectivity index (χ4v) is 2.03. The molecule has 3 N–H and O–H groups in total. The van der Waals surface area contributed by atoms with Gasteiger partial charge in [0.05, 0.1) is 10.6 Å². The van der Waals surface area contributed by atoms with Gasteiger partial charge in [-0.2, -0.15) is 0 Å². The molecule has 1 atom stereocenters. The molecule has 1 aliphatic rings. The second-order valence-electron chi connectivity index (χ2n) is 4.65. The van der Waals surface area contributed by atoms with Crippen molar-refractivity contribution in [1.82, 2.24) is 5.32 Å². The molecule has 1 aromatic carbocycles. The van der Waals surface area contributed by atoms with Crippen molar-refractivity contribution in [3.63, 3.8) is 0 Å². The summed E-state index contributed by atoms with van der Waals surface area (Å²) in [7, 11) is 0. The third-order valence-corrected chi connectivity index (χ3v) is 3.66. The highest BCUT2D eigenvalue weighted by molar-refractivity contribution is 6.34. The lowest BCUT2D eigenvalue weighted by Gasteiger charge is -2.12. The number of carbonyl (C=O) groups is 1. The van der Waals surface area contributed by atoms with Gasteiger partial charge in [0, 0.05) is 12.6 Å². The van der Waals surface area contributed by atoms with Gasteiger partial charge in [0.25, 0.3) is 5.91 Å². The number of hydrogen-bond donors (Lipinski definition) is 2. The molecule has 0 aliphatic heterocycles. The lowest BCUT2D eigenvalue weighted by Crippen LogP contribution is -2.38. The third kappa shape index (κ3) is 2.99. The first-order valence-corrected chi connectivity index (χ1v) is 6.26. The van der Waals surface area contributed by atoms with Crippen molar-refractivity contribution in [3.8, 4) is 0 Å². The number of aryl methyl sites for hydroxylation is 1. The van der Waals surface area contributed by atoms with Crippen LogP contribution in [0.4, 0.5) is 0 Å². The molecule has 92 valence electrons. The molecule has 1 fully saturated rings. The smallest absolute Gasteiger partial charge is 0.252 e. The van der Waals surface area contributed by atoms with Gasteiger partial charge in [-0.3, -0.25) is 4.79 Å². The van der Waals surface area contributed by atoms with Gasteiger partial charge in [-0.15, -0.1) is 0 Å². The molecule has 2 rings (SSSR count). The maximum absolute atomic E-state index is 11.9. The van der Waals surface area contributed by atoms with Gasteiger partial charge in [0.15, 0.2) is 0 Å². The number of amides is 1. The monoisotopic (exact) mass is 252 g/mol. The summed E-state index contributed by atoms with van der Waals surface area (Å²) >= 11 is 6.09. The summed E-state index contributed by atoms with van der Waals surface area (Å²) in [6.07, 6.45) is 2.37. The average molecular weight is 253 g/mol. The average Bonchev–Trinajstić information content (AvgIpc) is 3.13. The van der Waals surface area contributed by atoms with Gasteiger partial charge >= 0.3 is 0 Å². The van der Waals surface area contributed by atoms with E-state index in [4.69, 9.17) is 17.3 Å². The SMILES string of the molecule is Cc1cccc(C(=O)NCC(N)C2CC2)c1Cl. The maximum Gasteiger partial charge on any atom is 0.252 e. The summed E-state index contributed by atoms with van der Waals surface area (Å²) in [6.45, 7) is 2.41. The van der Waals surface area contributed by atoms with E-state index >= 15 is 0 Å². The van der Waals surface area contributed by atoms with Crippen molar-refractivity contribution < 1.29 is 4.79 Å². The fourth-order valence-electron chi connectivity index (χ4n) is 1.82. The van der Waals surface area contributed by atoms with Crippen LogP contribution in [0, 0.1) is 12.8 Å². The van der Waals surface area contributed by atoms with Crippen LogP contribution in [-0.2, 0) is 0 Å². The van der Waals surface area contributed by atoms with Crippen LogP contribution in [0.5, 0.6) is 0 Å². The molecule has 0 heterocycles. The van der Waals surface area contributed by atoms with Crippen LogP contribution in [0.2, 0.25) is 5.02 Å². The highest BCUT2D eigenvalue weighted by Gasteiger charge is 2.28. The number of benzene rings is 1. The molecule has 1 saturated carbocycles. The lowest BCUT2D eigenvalue weighted by molar-refractivity contribution is 0.0950. The summed E-state index contributed by atoms with van der Waals surface area (Å²) in [5, 5.41) is 3.36. The highest BCUT2D eigenvalue weighted by atomic mass is 35.5. The number of halogens is 1. The molecule has 17 heavy (non-hydrogen) atoms. The molecule has 1 aliphatic carbocycles. The van der Waals surface area contributed by atoms with Crippen molar-refractivity contribution in [3.05, 3.63) is 34.3 Å². The van der Waals surface area contributed by atoms with E-state index < -0.39 is 0 Å². The molecular weight excluding hydrogens is 236 g/mol. The van der Waals surface area contributed by atoms with Crippen LogP contribution in [0.1, 0.15) is 28.8 Å². The zero-order valence-corrected chi connectivity index (χ0v) is 10.6. The number of hydrogen-bond acceptors (Lipinski definition) is 2. The Morgan fingerprint density at radius 3 is 2.94 bits per heavy atom. The molecule has 0 spiro atoms. The fraction of sp³-hybridized carbons (Fsp3) is 0.462. The minimum Gasteiger partial charge on any atom is -0.350 e. The molecule has 1 amide bonds. The number of nitrogens with one attached hydrogen (secondary N) is 1. The molecule has 0 aromatic heterocycles. The van der Waals surface area contributed by atoms with Crippen LogP contribution in [-0.4, -0.2) is 18.5 Å². The van der Waals surface area contributed by atoms with Crippen LogP contribution >= 0.6 is 11.6 Å². The Bertz CT molecular complexity index is 429. The Morgan fingerprint density at radius 1 is 1.59 bits per heavy atom. The molecule has 0 radical (unpaired) electrons. The van der Waals surface area contributed by atoms with Gasteiger partial charge in [-0.25, -0.2) is 0 Å². The Kier molecular flexibility index (Phi) is 3.69. The van der Waals surface area contributed by atoms with Crippen molar-refractivity contribution in [2.45, 2.75) is 25.8 Å². The maximum atomic E-state index is 11.9. The summed E-state index contributed by atoms with van der Waals surface area (Å²) in [5.74, 6) is 0.443. The topological polar surface area (TPSA) is 55.1 Å². The lowest BCUT2D eigenvalue weighted by atomic mass is 10.1. The Balaban J connectivity index is 1.96. The van der Waals surface area contributed by atoms with E-state index in [2.05, 4.69) is 5.32 Å². The first-order valence-electron chi connectivity index (χ1n) is 5.88. The number of rotatable bonds is 4. The van der Waals surface area contributed by atoms with Crippen LogP contribution in [0.25, 0.3) is 0 Å². The molecule has 3 nitrogen and oxygen atoms in total. The molecule has 4 heteroatoms. The van der Waals surface area contributed by atoms with E-state index in [1.807, 2.05) is 19.1 Å². The predicted molar refractivity (Wildman–Crippen MR) is 69.2 cm³/mol. The first kappa shape index (κ1) is 12.4. The molecule has 0 saturated heterocycles. The van der Waals surface area contributed by atoms with Gasteiger partial charge < -0.3 is 11.1 Å². The number of carbonyl (C=O) groups excluding carboxylic acids is 1. The highest BCUT2D eigenvalue weighted by Crippen LogP contribution is 2.31. The van der Waals surface area contributed by atoms with Gasteiger partial charge in [-0.1, -0.05) is 23.7 Å². The predicted octanol–water partition coefficient (Wildman–Crippen LogP) is 2.12. The standard InChI is InChI=1S/C13H17ClN2O/c1-8-3-2-4-10(12(8)14)13(17)16-7-11(15)9-5-6-9/h2-4,9,11H,5-7,15H2,1H3,(H,16,17). The van der Waals surface area contributed by atoms with E-state index in [0.29, 0.717) is 23.0 Å². The van der Waals surface area contributed by atoms with Gasteiger partial charge in [0.1, 0.15) is 0 Å². The van der Waals surface area contributed by atoms with Crippen molar-refractivity contribution >= 4 is 17.5 Å². The van der Waals surface area contributed by atoms with Crippen molar-refractivity contribution in [2.75, 3.05) is 6.54 Å². The molecule has 1 unspecified atom stereocenters. The zero-order chi connectivity index (χ0) is 12.4. The van der Waals surface area contributed by atoms with Gasteiger partial charge in [-0.05, 0) is 37.3 Å². The summed E-state index contributed by atoms with van der Waals surface area (Å²) in [5.41, 5.74) is 7.36. The van der Waals surface area contributed by atoms with Crippen LogP contribution < -0.4 is 11.1 Å². The van der Waals surface area contributed by atoms with E-state index in [-0.39, 0.29) is 11.9 Å². The number of nitrogens with two attached hydrogens (primary N) is 1. The third-order valence-electron chi connectivity index (χ3n) is 3.16. The normalized spacial score (nSPS) is 16.6. The van der Waals surface area contributed by atoms with Crippen LogP contribution in [0.15, 0.2) is 18.2 Å². The quantitative estimate of drug-likeness (QED) is 0.863. The zero-order valence-electron chi connectivity index (χ0n) is 9.87. The Labute approximate surface area is 106 Å². The largest absolute Gasteiger partial charge is 0.350 e. The first-order chi connectivity index (χ1) is 8.09. The molecular formula is C13H17ClN2O. The van der Waals surface area contributed by atoms with E-state index in [0.717, 1.165) is 5.56 Å². The van der Waals surface area contributed by atoms with Crippen molar-refractivity contribution in [1.29, 1.82) is 0 Å². The summed E-state index contributed by atoms with van der Waals surface area (Å²) < 4.78 is 0. The van der Waals surface area contributed by atoms with E-state index in [9.17, 15) is 4.79 Å². The second kappa shape index (κ2) is 5.07. The summed E-state index contributed by atoms with van der Waals surface area (Å²) in [4.78, 5) is 11.9. The minimum atomic E-state index is -0.144. The van der Waals surface area contributed by atoms with E-state index in [1.54, 1.807) is 6.07 Å². The molecule has 1 aromatic rings. The van der Waals surface area contributed by atoms with Crippen molar-refractivity contribution in [2.24, 2.45) is 11.7 Å². The second-order valence-corrected chi connectivity index (χ2v) is 5.03. The summed E-state index contributed by atoms with van der Waals surface area (Å²) in [6, 6.07) is 5.52. The van der Waals surface area contributed by atoms with E-state index in [1.165, 1.54) is 12.8 Å². The minimum absolute atomic E-state index is 0.0718. The molecule has 0 bridgehead atoms. The van der Waals surface area contributed by atoms with Crippen LogP contribution in [0.3, 0.4) is 0 Å². The Morgan fingerprint density at radius 2 is 2.29 bits per heavy atom. The Hall–Kier alpha value is -1.06.